The second kappa shape index (κ2) is 8.35. The molecule has 0 aromatic carbocycles. The molecule has 0 fully saturated rings. The predicted molar refractivity (Wildman–Crippen MR) is 83.5 cm³/mol. The Balaban J connectivity index is 3.22. The molecule has 8 heteroatoms. The summed E-state index contributed by atoms with van der Waals surface area (Å²) in [5, 5.41) is 0. The van der Waals surface area contributed by atoms with Crippen molar-refractivity contribution in [3.8, 4) is 0 Å². The molecule has 0 atom stereocenters. The molecule has 0 aliphatic heterocycles. The average molecular weight is 312 g/mol. The maximum Gasteiger partial charge on any atom is 0.434 e. The van der Waals surface area contributed by atoms with E-state index in [-0.39, 0.29) is 6.01 Å². The number of hydrogen-bond acceptors (Lipinski definition) is 6. The molecule has 0 radical (unpaired) electrons. The summed E-state index contributed by atoms with van der Waals surface area (Å²) in [6.45, 7) is 9.55. The molecule has 1 aromatic rings. The largest absolute Gasteiger partial charge is 0.434 e. The van der Waals surface area contributed by atoms with E-state index in [9.17, 15) is 14.4 Å². The molecule has 0 bridgehead atoms. The van der Waals surface area contributed by atoms with Gasteiger partial charge in [-0.05, 0) is 26.7 Å². The van der Waals surface area contributed by atoms with Crippen LogP contribution in [0.3, 0.4) is 0 Å². The Kier molecular flexibility index (Phi) is 6.81. The summed E-state index contributed by atoms with van der Waals surface area (Å²) in [5.74, 6) is -0.996. The van der Waals surface area contributed by atoms with Gasteiger partial charge in [0.1, 0.15) is 0 Å². The molecule has 1 heterocycles. The van der Waals surface area contributed by atoms with Crippen molar-refractivity contribution in [1.82, 2.24) is 14.5 Å². The van der Waals surface area contributed by atoms with E-state index < -0.39 is 17.5 Å². The number of anilines is 1. The molecule has 0 saturated heterocycles. The highest BCUT2D eigenvalue weighted by atomic mass is 16.4. The number of hydrogen-bond donors (Lipinski definition) is 0. The van der Waals surface area contributed by atoms with Gasteiger partial charge in [-0.3, -0.25) is 0 Å². The van der Waals surface area contributed by atoms with E-state index in [4.69, 9.17) is 4.42 Å². The molecular weight excluding hydrogens is 288 g/mol. The standard InChI is InChI=1S/C14H24N4O4/c1-5-9-16(7-3)12-15-11(19)18(14(21)22-12)13(20)17(8-4)10-6-2/h5-10H2,1-4H3. The van der Waals surface area contributed by atoms with Crippen molar-refractivity contribution in [3.05, 3.63) is 21.0 Å². The van der Waals surface area contributed by atoms with Crippen LogP contribution in [0.15, 0.2) is 14.0 Å². The topological polar surface area (TPSA) is 88.7 Å². The van der Waals surface area contributed by atoms with Crippen LogP contribution in [0, 0.1) is 0 Å². The molecule has 0 unspecified atom stereocenters. The van der Waals surface area contributed by atoms with Crippen LogP contribution in [0.1, 0.15) is 40.5 Å². The lowest BCUT2D eigenvalue weighted by atomic mass is 10.4. The third kappa shape index (κ3) is 3.96. The lowest BCUT2D eigenvalue weighted by molar-refractivity contribution is 0.196. The number of carbonyl (C=O) groups excluding carboxylic acids is 1. The van der Waals surface area contributed by atoms with E-state index in [0.717, 1.165) is 12.8 Å². The van der Waals surface area contributed by atoms with E-state index in [0.29, 0.717) is 30.7 Å². The Bertz CT molecular complexity index is 576. The van der Waals surface area contributed by atoms with Gasteiger partial charge in [0, 0.05) is 26.2 Å². The van der Waals surface area contributed by atoms with Gasteiger partial charge in [0.25, 0.3) is 0 Å². The zero-order valence-corrected chi connectivity index (χ0v) is 13.7. The van der Waals surface area contributed by atoms with Crippen LogP contribution in [0.5, 0.6) is 0 Å². The molecule has 22 heavy (non-hydrogen) atoms. The quantitative estimate of drug-likeness (QED) is 0.750. The fourth-order valence-corrected chi connectivity index (χ4v) is 2.11. The van der Waals surface area contributed by atoms with Crippen LogP contribution in [-0.4, -0.2) is 46.7 Å². The monoisotopic (exact) mass is 312 g/mol. The summed E-state index contributed by atoms with van der Waals surface area (Å²) in [5.41, 5.74) is -0.902. The minimum atomic E-state index is -0.996. The minimum absolute atomic E-state index is 0.0399. The fraction of sp³-hybridized carbons (Fsp3) is 0.714. The van der Waals surface area contributed by atoms with Gasteiger partial charge < -0.3 is 14.2 Å². The van der Waals surface area contributed by atoms with Gasteiger partial charge in [-0.15, -0.1) is 9.55 Å². The van der Waals surface area contributed by atoms with Gasteiger partial charge >= 0.3 is 23.5 Å². The van der Waals surface area contributed by atoms with Gasteiger partial charge in [0.15, 0.2) is 0 Å². The number of amides is 1. The van der Waals surface area contributed by atoms with Crippen molar-refractivity contribution in [3.63, 3.8) is 0 Å². The van der Waals surface area contributed by atoms with E-state index in [2.05, 4.69) is 4.98 Å². The Morgan fingerprint density at radius 3 is 2.18 bits per heavy atom. The average Bonchev–Trinajstić information content (AvgIpc) is 2.49. The molecule has 1 rings (SSSR count). The zero-order chi connectivity index (χ0) is 16.7. The Labute approximate surface area is 129 Å². The first-order valence-electron chi connectivity index (χ1n) is 7.68. The second-order valence-corrected chi connectivity index (χ2v) is 4.82. The number of nitrogens with zero attached hydrogens (tertiary/aromatic N) is 4. The predicted octanol–water partition coefficient (Wildman–Crippen LogP) is 1.13. The van der Waals surface area contributed by atoms with Crippen molar-refractivity contribution in [1.29, 1.82) is 0 Å². The Hall–Kier alpha value is -2.12. The molecule has 0 saturated carbocycles. The lowest BCUT2D eigenvalue weighted by Gasteiger charge is -2.21. The van der Waals surface area contributed by atoms with E-state index in [1.54, 1.807) is 11.8 Å². The smallest absolute Gasteiger partial charge is 0.375 e. The van der Waals surface area contributed by atoms with Crippen LogP contribution in [0.25, 0.3) is 0 Å². The van der Waals surface area contributed by atoms with Gasteiger partial charge in [-0.1, -0.05) is 13.8 Å². The van der Waals surface area contributed by atoms with Crippen molar-refractivity contribution < 1.29 is 9.21 Å². The maximum atomic E-state index is 12.3. The van der Waals surface area contributed by atoms with Crippen LogP contribution >= 0.6 is 0 Å². The first-order chi connectivity index (χ1) is 10.5. The molecule has 0 aliphatic rings. The molecule has 0 spiro atoms. The first kappa shape index (κ1) is 17.9. The molecule has 1 aromatic heterocycles. The van der Waals surface area contributed by atoms with Gasteiger partial charge in [0.05, 0.1) is 0 Å². The molecule has 0 N–H and O–H groups in total. The van der Waals surface area contributed by atoms with Gasteiger partial charge in [-0.25, -0.2) is 14.4 Å². The van der Waals surface area contributed by atoms with E-state index >= 15 is 0 Å². The summed E-state index contributed by atoms with van der Waals surface area (Å²) in [7, 11) is 0. The summed E-state index contributed by atoms with van der Waals surface area (Å²) in [6, 6.07) is -0.734. The minimum Gasteiger partial charge on any atom is -0.375 e. The normalized spacial score (nSPS) is 10.5. The molecule has 1 amide bonds. The second-order valence-electron chi connectivity index (χ2n) is 4.82. The van der Waals surface area contributed by atoms with Crippen LogP contribution in [-0.2, 0) is 0 Å². The number of rotatable bonds is 7. The van der Waals surface area contributed by atoms with E-state index in [1.165, 1.54) is 4.90 Å². The summed E-state index contributed by atoms with van der Waals surface area (Å²) < 4.78 is 5.51. The maximum absolute atomic E-state index is 12.3. The Morgan fingerprint density at radius 2 is 1.73 bits per heavy atom. The van der Waals surface area contributed by atoms with Crippen LogP contribution < -0.4 is 16.3 Å². The SMILES string of the molecule is CCCN(CC)C(=O)n1c(=O)nc(N(CC)CCC)oc1=O. The zero-order valence-electron chi connectivity index (χ0n) is 13.7. The highest BCUT2D eigenvalue weighted by Gasteiger charge is 2.21. The lowest BCUT2D eigenvalue weighted by Crippen LogP contribution is -2.48. The molecule has 124 valence electrons. The molecule has 8 nitrogen and oxygen atoms in total. The third-order valence-corrected chi connectivity index (χ3v) is 3.23. The highest BCUT2D eigenvalue weighted by molar-refractivity contribution is 5.76. The van der Waals surface area contributed by atoms with Gasteiger partial charge in [0.2, 0.25) is 0 Å². The van der Waals surface area contributed by atoms with Crippen LogP contribution in [0.4, 0.5) is 10.8 Å². The molecule has 0 aliphatic carbocycles. The summed E-state index contributed by atoms with van der Waals surface area (Å²) in [6.07, 6.45) is 1.55. The van der Waals surface area contributed by atoms with Crippen molar-refractivity contribution in [2.75, 3.05) is 31.1 Å². The van der Waals surface area contributed by atoms with Crippen molar-refractivity contribution >= 4 is 12.0 Å². The van der Waals surface area contributed by atoms with Crippen LogP contribution in [0.2, 0.25) is 0 Å². The van der Waals surface area contributed by atoms with Gasteiger partial charge in [-0.2, -0.15) is 0 Å². The van der Waals surface area contributed by atoms with Crippen molar-refractivity contribution in [2.45, 2.75) is 40.5 Å². The summed E-state index contributed by atoms with van der Waals surface area (Å²) >= 11 is 0. The highest BCUT2D eigenvalue weighted by Crippen LogP contribution is 2.05. The number of carbonyl (C=O) groups is 1. The first-order valence-corrected chi connectivity index (χ1v) is 7.68. The summed E-state index contributed by atoms with van der Waals surface area (Å²) in [4.78, 5) is 43.2. The Morgan fingerprint density at radius 1 is 1.09 bits per heavy atom. The molecular formula is C14H24N4O4. The van der Waals surface area contributed by atoms with E-state index in [1.807, 2.05) is 20.8 Å². The fourth-order valence-electron chi connectivity index (χ4n) is 2.11. The third-order valence-electron chi connectivity index (χ3n) is 3.23. The van der Waals surface area contributed by atoms with Crippen molar-refractivity contribution in [2.24, 2.45) is 0 Å². The number of aromatic nitrogens is 2.